The molecule has 0 radical (unpaired) electrons. The Morgan fingerprint density at radius 2 is 2.30 bits per heavy atom. The minimum Gasteiger partial charge on any atom is -0.444 e. The summed E-state index contributed by atoms with van der Waals surface area (Å²) in [7, 11) is 3.41. The fourth-order valence-electron chi connectivity index (χ4n) is 1.92. The third kappa shape index (κ3) is 2.52. The van der Waals surface area contributed by atoms with Crippen LogP contribution in [0.3, 0.4) is 0 Å². The molecule has 1 saturated carbocycles. The lowest BCUT2D eigenvalue weighted by molar-refractivity contribution is 0.0828. The highest BCUT2D eigenvalue weighted by Gasteiger charge is 2.28. The molecule has 2 heterocycles. The SMILES string of the molecule is CN(C)C(=O)c1cn[nH]c1NCc1cnc(C2CC2)o1. The number of hydrogen-bond donors (Lipinski definition) is 2. The van der Waals surface area contributed by atoms with Crippen molar-refractivity contribution in [3.63, 3.8) is 0 Å². The Morgan fingerprint density at radius 1 is 1.50 bits per heavy atom. The van der Waals surface area contributed by atoms with E-state index in [4.69, 9.17) is 4.42 Å². The summed E-state index contributed by atoms with van der Waals surface area (Å²) in [6.07, 6.45) is 5.57. The van der Waals surface area contributed by atoms with Gasteiger partial charge in [-0.2, -0.15) is 5.10 Å². The molecule has 1 fully saturated rings. The van der Waals surface area contributed by atoms with Crippen LogP contribution in [0.25, 0.3) is 0 Å². The standard InChI is InChI=1S/C13H17N5O2/c1-18(2)13(19)10-7-16-17-11(10)14-5-9-6-15-12(20-9)8-3-4-8/h6-8H,3-5H2,1-2H3,(H2,14,16,17). The Labute approximate surface area is 116 Å². The highest BCUT2D eigenvalue weighted by atomic mass is 16.4. The highest BCUT2D eigenvalue weighted by molar-refractivity contribution is 5.98. The van der Waals surface area contributed by atoms with Crippen molar-refractivity contribution in [2.75, 3.05) is 19.4 Å². The van der Waals surface area contributed by atoms with Gasteiger partial charge >= 0.3 is 0 Å². The predicted octanol–water partition coefficient (Wildman–Crippen LogP) is 1.59. The first kappa shape index (κ1) is 12.7. The van der Waals surface area contributed by atoms with Gasteiger partial charge in [0, 0.05) is 20.0 Å². The van der Waals surface area contributed by atoms with E-state index in [0.29, 0.717) is 23.8 Å². The monoisotopic (exact) mass is 275 g/mol. The first-order valence-electron chi connectivity index (χ1n) is 6.58. The van der Waals surface area contributed by atoms with E-state index in [1.54, 1.807) is 20.3 Å². The topological polar surface area (TPSA) is 87.0 Å². The molecule has 2 N–H and O–H groups in total. The van der Waals surface area contributed by atoms with Gasteiger partial charge in [0.15, 0.2) is 5.89 Å². The molecule has 106 valence electrons. The van der Waals surface area contributed by atoms with Crippen molar-refractivity contribution < 1.29 is 9.21 Å². The summed E-state index contributed by atoms with van der Waals surface area (Å²) in [5.74, 6) is 2.56. The number of oxazole rings is 1. The number of amides is 1. The van der Waals surface area contributed by atoms with Crippen LogP contribution in [-0.2, 0) is 6.54 Å². The van der Waals surface area contributed by atoms with Crippen LogP contribution in [0.4, 0.5) is 5.82 Å². The van der Waals surface area contributed by atoms with Gasteiger partial charge in [-0.05, 0) is 12.8 Å². The molecule has 2 aromatic heterocycles. The lowest BCUT2D eigenvalue weighted by atomic mass is 10.3. The van der Waals surface area contributed by atoms with E-state index < -0.39 is 0 Å². The van der Waals surface area contributed by atoms with Gasteiger partial charge < -0.3 is 14.6 Å². The van der Waals surface area contributed by atoms with Gasteiger partial charge in [0.1, 0.15) is 17.1 Å². The molecule has 0 aromatic carbocycles. The lowest BCUT2D eigenvalue weighted by Crippen LogP contribution is -2.22. The smallest absolute Gasteiger partial charge is 0.258 e. The van der Waals surface area contributed by atoms with Crippen molar-refractivity contribution in [1.29, 1.82) is 0 Å². The van der Waals surface area contributed by atoms with Crippen LogP contribution in [0.5, 0.6) is 0 Å². The molecular formula is C13H17N5O2. The van der Waals surface area contributed by atoms with E-state index in [1.165, 1.54) is 11.1 Å². The van der Waals surface area contributed by atoms with Crippen LogP contribution < -0.4 is 5.32 Å². The van der Waals surface area contributed by atoms with Crippen LogP contribution in [0.15, 0.2) is 16.8 Å². The second kappa shape index (κ2) is 4.99. The van der Waals surface area contributed by atoms with E-state index in [1.807, 2.05) is 0 Å². The number of nitrogens with zero attached hydrogens (tertiary/aromatic N) is 3. The molecule has 0 bridgehead atoms. The van der Waals surface area contributed by atoms with Crippen LogP contribution in [-0.4, -0.2) is 40.1 Å². The van der Waals surface area contributed by atoms with Gasteiger partial charge in [0.25, 0.3) is 5.91 Å². The predicted molar refractivity (Wildman–Crippen MR) is 72.4 cm³/mol. The van der Waals surface area contributed by atoms with Crippen molar-refractivity contribution in [3.05, 3.63) is 29.6 Å². The molecule has 7 nitrogen and oxygen atoms in total. The van der Waals surface area contributed by atoms with E-state index in [0.717, 1.165) is 24.5 Å². The average molecular weight is 275 g/mol. The number of anilines is 1. The van der Waals surface area contributed by atoms with Gasteiger partial charge in [0.05, 0.1) is 18.9 Å². The van der Waals surface area contributed by atoms with Gasteiger partial charge in [-0.25, -0.2) is 4.98 Å². The summed E-state index contributed by atoms with van der Waals surface area (Å²) in [4.78, 5) is 17.7. The fraction of sp³-hybridized carbons (Fsp3) is 0.462. The maximum atomic E-state index is 11.9. The summed E-state index contributed by atoms with van der Waals surface area (Å²) in [5, 5.41) is 9.80. The lowest BCUT2D eigenvalue weighted by Gasteiger charge is -2.10. The normalized spacial score (nSPS) is 14.3. The second-order valence-corrected chi connectivity index (χ2v) is 5.15. The third-order valence-electron chi connectivity index (χ3n) is 3.21. The molecule has 1 aliphatic carbocycles. The third-order valence-corrected chi connectivity index (χ3v) is 3.21. The molecule has 3 rings (SSSR count). The van der Waals surface area contributed by atoms with Crippen molar-refractivity contribution in [2.24, 2.45) is 0 Å². The van der Waals surface area contributed by atoms with Gasteiger partial charge in [-0.15, -0.1) is 0 Å². The van der Waals surface area contributed by atoms with E-state index in [2.05, 4.69) is 20.5 Å². The Balaban J connectivity index is 1.65. The molecule has 7 heteroatoms. The fourth-order valence-corrected chi connectivity index (χ4v) is 1.92. The van der Waals surface area contributed by atoms with Crippen LogP contribution in [0.2, 0.25) is 0 Å². The maximum Gasteiger partial charge on any atom is 0.258 e. The molecular weight excluding hydrogens is 258 g/mol. The molecule has 0 unspecified atom stereocenters. The van der Waals surface area contributed by atoms with Crippen LogP contribution >= 0.6 is 0 Å². The summed E-state index contributed by atoms with van der Waals surface area (Å²) in [5.41, 5.74) is 0.511. The quantitative estimate of drug-likeness (QED) is 0.865. The van der Waals surface area contributed by atoms with Crippen LogP contribution in [0.1, 0.15) is 40.8 Å². The van der Waals surface area contributed by atoms with E-state index in [9.17, 15) is 4.79 Å². The van der Waals surface area contributed by atoms with E-state index >= 15 is 0 Å². The molecule has 0 saturated heterocycles. The largest absolute Gasteiger partial charge is 0.444 e. The number of aromatic nitrogens is 3. The van der Waals surface area contributed by atoms with Crippen molar-refractivity contribution in [3.8, 4) is 0 Å². The number of rotatable bonds is 5. The first-order chi connectivity index (χ1) is 9.65. The van der Waals surface area contributed by atoms with Gasteiger partial charge in [0.2, 0.25) is 0 Å². The summed E-state index contributed by atoms with van der Waals surface area (Å²) >= 11 is 0. The Morgan fingerprint density at radius 3 is 3.00 bits per heavy atom. The first-order valence-corrected chi connectivity index (χ1v) is 6.58. The molecule has 1 amide bonds. The second-order valence-electron chi connectivity index (χ2n) is 5.15. The van der Waals surface area contributed by atoms with Crippen molar-refractivity contribution >= 4 is 11.7 Å². The van der Waals surface area contributed by atoms with Gasteiger partial charge in [-0.3, -0.25) is 9.89 Å². The van der Waals surface area contributed by atoms with Gasteiger partial charge in [-0.1, -0.05) is 0 Å². The highest BCUT2D eigenvalue weighted by Crippen LogP contribution is 2.39. The summed E-state index contributed by atoms with van der Waals surface area (Å²) in [6, 6.07) is 0. The zero-order valence-corrected chi connectivity index (χ0v) is 11.5. The zero-order valence-electron chi connectivity index (χ0n) is 11.5. The van der Waals surface area contributed by atoms with Crippen molar-refractivity contribution in [2.45, 2.75) is 25.3 Å². The Bertz CT molecular complexity index is 612. The molecule has 0 atom stereocenters. The molecule has 2 aromatic rings. The molecule has 20 heavy (non-hydrogen) atoms. The number of carbonyl (C=O) groups excluding carboxylic acids is 1. The summed E-state index contributed by atoms with van der Waals surface area (Å²) < 4.78 is 5.65. The van der Waals surface area contributed by atoms with Crippen molar-refractivity contribution in [1.82, 2.24) is 20.1 Å². The number of H-pyrrole nitrogens is 1. The molecule has 0 spiro atoms. The number of carbonyl (C=O) groups is 1. The molecule has 0 aliphatic heterocycles. The number of nitrogens with one attached hydrogen (secondary N) is 2. The minimum atomic E-state index is -0.0995. The van der Waals surface area contributed by atoms with Crippen LogP contribution in [0, 0.1) is 0 Å². The minimum absolute atomic E-state index is 0.0995. The number of aromatic amines is 1. The Kier molecular flexibility index (Phi) is 3.17. The van der Waals surface area contributed by atoms with E-state index in [-0.39, 0.29) is 5.91 Å². The zero-order chi connectivity index (χ0) is 14.1. The maximum absolute atomic E-state index is 11.9. The number of hydrogen-bond acceptors (Lipinski definition) is 5. The summed E-state index contributed by atoms with van der Waals surface area (Å²) in [6.45, 7) is 0.468. The molecule has 1 aliphatic rings. The average Bonchev–Trinajstić information content (AvgIpc) is 3.00. The Hall–Kier alpha value is -2.31.